The molecule has 126 valence electrons. The molecule has 1 N–H and O–H groups in total. The van der Waals surface area contributed by atoms with Crippen molar-refractivity contribution in [2.45, 2.75) is 44.4 Å². The van der Waals surface area contributed by atoms with E-state index < -0.39 is 17.3 Å². The van der Waals surface area contributed by atoms with Crippen LogP contribution in [0.2, 0.25) is 0 Å². The second-order valence-electron chi connectivity index (χ2n) is 6.58. The molecule has 1 amide bonds. The van der Waals surface area contributed by atoms with Crippen LogP contribution in [-0.4, -0.2) is 35.5 Å². The number of hydrogen-bond donors (Lipinski definition) is 1. The lowest BCUT2D eigenvalue weighted by Crippen LogP contribution is -2.48. The standard InChI is InChI=1S/C18H24FNO3/c1-13(16(21)22)12-20(2)17(23)18(9-4-3-5-10-18)14-7-6-8-15(19)11-14/h6-8,11,13H,3-5,9-10,12H2,1-2H3,(H,21,22). The van der Waals surface area contributed by atoms with Crippen molar-refractivity contribution in [1.82, 2.24) is 4.90 Å². The summed E-state index contributed by atoms with van der Waals surface area (Å²) in [6, 6.07) is 6.26. The zero-order valence-electron chi connectivity index (χ0n) is 13.7. The minimum absolute atomic E-state index is 0.101. The molecule has 1 unspecified atom stereocenters. The normalized spacial score (nSPS) is 18.2. The number of carboxylic acid groups (broad SMARTS) is 1. The minimum Gasteiger partial charge on any atom is -0.481 e. The van der Waals surface area contributed by atoms with Crippen LogP contribution >= 0.6 is 0 Å². The van der Waals surface area contributed by atoms with E-state index in [4.69, 9.17) is 5.11 Å². The topological polar surface area (TPSA) is 57.6 Å². The highest BCUT2D eigenvalue weighted by Gasteiger charge is 2.43. The number of carbonyl (C=O) groups excluding carboxylic acids is 1. The van der Waals surface area contributed by atoms with Gasteiger partial charge in [0.1, 0.15) is 5.82 Å². The van der Waals surface area contributed by atoms with E-state index in [0.29, 0.717) is 18.4 Å². The summed E-state index contributed by atoms with van der Waals surface area (Å²) >= 11 is 0. The molecule has 23 heavy (non-hydrogen) atoms. The highest BCUT2D eigenvalue weighted by molar-refractivity contribution is 5.88. The molecule has 1 fully saturated rings. The lowest BCUT2D eigenvalue weighted by Gasteiger charge is -2.39. The molecule has 1 aromatic carbocycles. The minimum atomic E-state index is -0.923. The number of halogens is 1. The fourth-order valence-electron chi connectivity index (χ4n) is 3.50. The summed E-state index contributed by atoms with van der Waals surface area (Å²) in [6.45, 7) is 1.74. The maximum Gasteiger partial charge on any atom is 0.308 e. The van der Waals surface area contributed by atoms with Gasteiger partial charge in [0.15, 0.2) is 0 Å². The van der Waals surface area contributed by atoms with Crippen LogP contribution in [-0.2, 0) is 15.0 Å². The van der Waals surface area contributed by atoms with E-state index in [0.717, 1.165) is 19.3 Å². The lowest BCUT2D eigenvalue weighted by atomic mass is 9.68. The lowest BCUT2D eigenvalue weighted by molar-refractivity contribution is -0.144. The van der Waals surface area contributed by atoms with E-state index >= 15 is 0 Å². The maximum atomic E-state index is 13.7. The van der Waals surface area contributed by atoms with E-state index in [2.05, 4.69) is 0 Å². The molecular formula is C18H24FNO3. The molecule has 0 aliphatic heterocycles. The van der Waals surface area contributed by atoms with Crippen molar-refractivity contribution >= 4 is 11.9 Å². The molecular weight excluding hydrogens is 297 g/mol. The second kappa shape index (κ2) is 7.11. The van der Waals surface area contributed by atoms with Crippen LogP contribution in [0.3, 0.4) is 0 Å². The van der Waals surface area contributed by atoms with Crippen LogP contribution in [0.1, 0.15) is 44.6 Å². The van der Waals surface area contributed by atoms with Crippen molar-refractivity contribution in [1.29, 1.82) is 0 Å². The Morgan fingerprint density at radius 3 is 2.52 bits per heavy atom. The van der Waals surface area contributed by atoms with Gasteiger partial charge in [-0.15, -0.1) is 0 Å². The maximum absolute atomic E-state index is 13.7. The van der Waals surface area contributed by atoms with Crippen LogP contribution in [0.4, 0.5) is 4.39 Å². The van der Waals surface area contributed by atoms with Crippen LogP contribution < -0.4 is 0 Å². The van der Waals surface area contributed by atoms with Gasteiger partial charge in [-0.25, -0.2) is 4.39 Å². The van der Waals surface area contributed by atoms with Crippen LogP contribution in [0, 0.1) is 11.7 Å². The Morgan fingerprint density at radius 1 is 1.30 bits per heavy atom. The quantitative estimate of drug-likeness (QED) is 0.906. The Kier molecular flexibility index (Phi) is 5.39. The van der Waals surface area contributed by atoms with Crippen molar-refractivity contribution < 1.29 is 19.1 Å². The zero-order chi connectivity index (χ0) is 17.0. The summed E-state index contributed by atoms with van der Waals surface area (Å²) in [6.07, 6.45) is 4.27. The van der Waals surface area contributed by atoms with Crippen LogP contribution in [0.5, 0.6) is 0 Å². The van der Waals surface area contributed by atoms with Crippen LogP contribution in [0.25, 0.3) is 0 Å². The Balaban J connectivity index is 2.31. The third kappa shape index (κ3) is 3.71. The molecule has 0 saturated heterocycles. The number of rotatable bonds is 5. The highest BCUT2D eigenvalue weighted by atomic mass is 19.1. The third-order valence-electron chi connectivity index (χ3n) is 4.81. The van der Waals surface area contributed by atoms with Gasteiger partial charge in [0.2, 0.25) is 5.91 Å². The molecule has 1 atom stereocenters. The van der Waals surface area contributed by atoms with Crippen LogP contribution in [0.15, 0.2) is 24.3 Å². The Labute approximate surface area is 136 Å². The average molecular weight is 321 g/mol. The number of hydrogen-bond acceptors (Lipinski definition) is 2. The number of benzene rings is 1. The SMILES string of the molecule is CC(CN(C)C(=O)C1(c2cccc(F)c2)CCCCC1)C(=O)O. The first-order valence-corrected chi connectivity index (χ1v) is 8.11. The predicted octanol–water partition coefficient (Wildman–Crippen LogP) is 3.21. The summed E-state index contributed by atoms with van der Waals surface area (Å²) in [5, 5.41) is 9.05. The van der Waals surface area contributed by atoms with E-state index in [1.807, 2.05) is 0 Å². The van der Waals surface area contributed by atoms with E-state index in [1.165, 1.54) is 17.0 Å². The van der Waals surface area contributed by atoms with Crippen molar-refractivity contribution in [2.24, 2.45) is 5.92 Å². The molecule has 1 aromatic rings. The average Bonchev–Trinajstić information content (AvgIpc) is 2.54. The Bertz CT molecular complexity index is 581. The third-order valence-corrected chi connectivity index (χ3v) is 4.81. The number of likely N-dealkylation sites (N-methyl/N-ethyl adjacent to an activating group) is 1. The van der Waals surface area contributed by atoms with Crippen molar-refractivity contribution in [3.05, 3.63) is 35.6 Å². The van der Waals surface area contributed by atoms with E-state index in [9.17, 15) is 14.0 Å². The smallest absolute Gasteiger partial charge is 0.308 e. The van der Waals surface area contributed by atoms with Gasteiger partial charge in [0.25, 0.3) is 0 Å². The zero-order valence-corrected chi connectivity index (χ0v) is 13.7. The van der Waals surface area contributed by atoms with Gasteiger partial charge in [0.05, 0.1) is 11.3 Å². The van der Waals surface area contributed by atoms with Crippen molar-refractivity contribution in [2.75, 3.05) is 13.6 Å². The Hall–Kier alpha value is -1.91. The first-order valence-electron chi connectivity index (χ1n) is 8.11. The summed E-state index contributed by atoms with van der Waals surface area (Å²) in [5.41, 5.74) is -0.0233. The van der Waals surface area contributed by atoms with E-state index in [1.54, 1.807) is 26.1 Å². The van der Waals surface area contributed by atoms with Crippen molar-refractivity contribution in [3.8, 4) is 0 Å². The summed E-state index contributed by atoms with van der Waals surface area (Å²) in [7, 11) is 1.64. The number of carbonyl (C=O) groups is 2. The molecule has 0 radical (unpaired) electrons. The molecule has 0 aromatic heterocycles. The summed E-state index contributed by atoms with van der Waals surface area (Å²) < 4.78 is 13.7. The first-order chi connectivity index (χ1) is 10.9. The molecule has 0 heterocycles. The molecule has 1 aliphatic carbocycles. The second-order valence-corrected chi connectivity index (χ2v) is 6.58. The van der Waals surface area contributed by atoms with E-state index in [-0.39, 0.29) is 18.3 Å². The van der Waals surface area contributed by atoms with Gasteiger partial charge in [-0.3, -0.25) is 9.59 Å². The van der Waals surface area contributed by atoms with Gasteiger partial charge >= 0.3 is 5.97 Å². The molecule has 0 spiro atoms. The van der Waals surface area contributed by atoms with Gasteiger partial charge in [-0.1, -0.05) is 38.3 Å². The molecule has 2 rings (SSSR count). The van der Waals surface area contributed by atoms with Crippen molar-refractivity contribution in [3.63, 3.8) is 0 Å². The fraction of sp³-hybridized carbons (Fsp3) is 0.556. The number of amides is 1. The molecule has 1 aliphatic rings. The van der Waals surface area contributed by atoms with Gasteiger partial charge in [-0.2, -0.15) is 0 Å². The summed E-state index contributed by atoms with van der Waals surface area (Å²) in [5.74, 6) is -2.00. The monoisotopic (exact) mass is 321 g/mol. The largest absolute Gasteiger partial charge is 0.481 e. The van der Waals surface area contributed by atoms with Gasteiger partial charge in [-0.05, 0) is 30.5 Å². The molecule has 1 saturated carbocycles. The molecule has 0 bridgehead atoms. The fourth-order valence-corrected chi connectivity index (χ4v) is 3.50. The number of aliphatic carboxylic acids is 1. The van der Waals surface area contributed by atoms with Gasteiger partial charge < -0.3 is 10.0 Å². The molecule has 4 nitrogen and oxygen atoms in total. The number of nitrogens with zero attached hydrogens (tertiary/aromatic N) is 1. The predicted molar refractivity (Wildman–Crippen MR) is 85.6 cm³/mol. The Morgan fingerprint density at radius 2 is 1.96 bits per heavy atom. The number of carboxylic acids is 1. The van der Waals surface area contributed by atoms with Gasteiger partial charge in [0, 0.05) is 13.6 Å². The highest BCUT2D eigenvalue weighted by Crippen LogP contribution is 2.41. The summed E-state index contributed by atoms with van der Waals surface area (Å²) in [4.78, 5) is 25.6. The first kappa shape index (κ1) is 17.4. The molecule has 5 heteroatoms.